The van der Waals surface area contributed by atoms with Crippen molar-refractivity contribution >= 4 is 29.6 Å². The van der Waals surface area contributed by atoms with Gasteiger partial charge in [-0.1, -0.05) is 17.7 Å². The van der Waals surface area contributed by atoms with Crippen LogP contribution in [0.15, 0.2) is 52.6 Å². The van der Waals surface area contributed by atoms with Gasteiger partial charge in [-0.2, -0.15) is 10.3 Å². The van der Waals surface area contributed by atoms with E-state index < -0.39 is 0 Å². The van der Waals surface area contributed by atoms with Gasteiger partial charge in [-0.15, -0.1) is 0 Å². The van der Waals surface area contributed by atoms with Crippen molar-refractivity contribution in [2.45, 2.75) is 6.42 Å². The molecule has 6 heteroatoms. The number of hydrogen-bond acceptors (Lipinski definition) is 3. The maximum atomic E-state index is 8.88. The zero-order valence-corrected chi connectivity index (χ0v) is 11.8. The molecule has 0 unspecified atom stereocenters. The summed E-state index contributed by atoms with van der Waals surface area (Å²) in [4.78, 5) is 12.1. The molecule has 0 spiro atoms. The lowest BCUT2D eigenvalue weighted by atomic mass is 10.1. The third-order valence-corrected chi connectivity index (χ3v) is 2.73. The van der Waals surface area contributed by atoms with Crippen molar-refractivity contribution in [3.8, 4) is 6.07 Å². The average Bonchev–Trinajstić information content (AvgIpc) is 2.47. The van der Waals surface area contributed by atoms with Gasteiger partial charge in [-0.3, -0.25) is 0 Å². The second kappa shape index (κ2) is 7.17. The molecule has 2 N–H and O–H groups in total. The quantitative estimate of drug-likeness (QED) is 0.698. The number of nitrogens with two attached hydrogens (primary N) is 1. The van der Waals surface area contributed by atoms with Crippen LogP contribution < -0.4 is 5.73 Å². The van der Waals surface area contributed by atoms with E-state index >= 15 is 0 Å². The zero-order chi connectivity index (χ0) is 15.1. The van der Waals surface area contributed by atoms with Gasteiger partial charge in [0.2, 0.25) is 5.96 Å². The number of halogens is 1. The molecule has 5 nitrogen and oxygen atoms in total. The van der Waals surface area contributed by atoms with Gasteiger partial charge in [0.05, 0.1) is 11.6 Å². The topological polar surface area (TPSA) is 87.4 Å². The first-order chi connectivity index (χ1) is 10.2. The van der Waals surface area contributed by atoms with Gasteiger partial charge in [-0.05, 0) is 35.9 Å². The zero-order valence-electron chi connectivity index (χ0n) is 11.1. The fourth-order valence-electron chi connectivity index (χ4n) is 1.64. The molecule has 0 radical (unpaired) electrons. The summed E-state index contributed by atoms with van der Waals surface area (Å²) < 4.78 is 0. The highest BCUT2D eigenvalue weighted by atomic mass is 35.5. The van der Waals surface area contributed by atoms with E-state index in [2.05, 4.69) is 21.0 Å². The van der Waals surface area contributed by atoms with Crippen molar-refractivity contribution in [3.63, 3.8) is 0 Å². The molecule has 2 rings (SSSR count). The van der Waals surface area contributed by atoms with Crippen LogP contribution in [0.4, 0.5) is 5.82 Å². The third-order valence-electron chi connectivity index (χ3n) is 2.52. The van der Waals surface area contributed by atoms with Crippen LogP contribution >= 0.6 is 11.6 Å². The second-order valence-electron chi connectivity index (χ2n) is 4.13. The Labute approximate surface area is 127 Å². The van der Waals surface area contributed by atoms with Crippen molar-refractivity contribution in [2.75, 3.05) is 0 Å². The van der Waals surface area contributed by atoms with E-state index in [-0.39, 0.29) is 5.96 Å². The van der Waals surface area contributed by atoms with Gasteiger partial charge < -0.3 is 5.73 Å². The summed E-state index contributed by atoms with van der Waals surface area (Å²) in [7, 11) is 0. The Bertz CT molecular complexity index is 717. The summed E-state index contributed by atoms with van der Waals surface area (Å²) in [5.74, 6) is 0.623. The van der Waals surface area contributed by atoms with Crippen LogP contribution in [0.2, 0.25) is 5.02 Å². The summed E-state index contributed by atoms with van der Waals surface area (Å²) >= 11 is 5.93. The van der Waals surface area contributed by atoms with E-state index in [4.69, 9.17) is 22.6 Å². The minimum Gasteiger partial charge on any atom is -0.368 e. The summed E-state index contributed by atoms with van der Waals surface area (Å²) in [6.07, 6.45) is 3.76. The Morgan fingerprint density at radius 1 is 1.38 bits per heavy atom. The highest BCUT2D eigenvalue weighted by Crippen LogP contribution is 2.14. The molecule has 0 aliphatic heterocycles. The molecule has 0 amide bonds. The van der Waals surface area contributed by atoms with Crippen LogP contribution in [0.25, 0.3) is 0 Å². The van der Waals surface area contributed by atoms with E-state index in [1.165, 1.54) is 0 Å². The standard InChI is InChI=1S/C15H12ClN5/c16-13-8-11(7-12(9-13)10-17)4-6-20-15(18)21-14-3-1-2-5-19-14/h1-3,5-9H,4H2,(H2,18,19,21). The molecule has 0 fully saturated rings. The summed E-state index contributed by atoms with van der Waals surface area (Å²) in [5, 5.41) is 9.40. The first kappa shape index (κ1) is 14.7. The number of hydrogen-bond donors (Lipinski definition) is 1. The smallest absolute Gasteiger partial charge is 0.221 e. The van der Waals surface area contributed by atoms with Gasteiger partial charge in [0.15, 0.2) is 5.82 Å². The van der Waals surface area contributed by atoms with Crippen molar-refractivity contribution in [2.24, 2.45) is 15.7 Å². The molecule has 0 aliphatic carbocycles. The van der Waals surface area contributed by atoms with Gasteiger partial charge in [0, 0.05) is 23.9 Å². The van der Waals surface area contributed by atoms with Crippen molar-refractivity contribution in [3.05, 3.63) is 58.7 Å². The van der Waals surface area contributed by atoms with E-state index in [0.717, 1.165) is 5.56 Å². The Hall–Kier alpha value is -2.71. The van der Waals surface area contributed by atoms with Crippen molar-refractivity contribution < 1.29 is 0 Å². The Balaban J connectivity index is 2.04. The molecule has 1 heterocycles. The normalized spacial score (nSPS) is 11.5. The van der Waals surface area contributed by atoms with Crippen LogP contribution in [0, 0.1) is 11.3 Å². The number of nitrogens with zero attached hydrogens (tertiary/aromatic N) is 4. The predicted octanol–water partition coefficient (Wildman–Crippen LogP) is 2.87. The summed E-state index contributed by atoms with van der Waals surface area (Å²) in [6.45, 7) is 0. The Kier molecular flexibility index (Phi) is 5.02. The Morgan fingerprint density at radius 3 is 2.95 bits per heavy atom. The third kappa shape index (κ3) is 4.71. The monoisotopic (exact) mass is 297 g/mol. The minimum atomic E-state index is 0.122. The Morgan fingerprint density at radius 2 is 2.24 bits per heavy atom. The number of guanidine groups is 1. The summed E-state index contributed by atoms with van der Waals surface area (Å²) in [5.41, 5.74) is 7.09. The number of aliphatic imine (C=N–C) groups is 2. The van der Waals surface area contributed by atoms with Gasteiger partial charge in [-0.25, -0.2) is 9.98 Å². The van der Waals surface area contributed by atoms with E-state index in [9.17, 15) is 0 Å². The maximum Gasteiger partial charge on any atom is 0.221 e. The average molecular weight is 298 g/mol. The van der Waals surface area contributed by atoms with Gasteiger partial charge >= 0.3 is 0 Å². The van der Waals surface area contributed by atoms with Crippen molar-refractivity contribution in [1.29, 1.82) is 5.26 Å². The van der Waals surface area contributed by atoms with E-state index in [1.54, 1.807) is 42.7 Å². The predicted molar refractivity (Wildman–Crippen MR) is 83.9 cm³/mol. The first-order valence-electron chi connectivity index (χ1n) is 6.14. The number of aromatic nitrogens is 1. The van der Waals surface area contributed by atoms with Crippen LogP contribution in [0.3, 0.4) is 0 Å². The number of rotatable bonds is 3. The second-order valence-corrected chi connectivity index (χ2v) is 4.57. The number of pyridine rings is 1. The molecule has 0 bridgehead atoms. The van der Waals surface area contributed by atoms with Crippen LogP contribution in [0.5, 0.6) is 0 Å². The van der Waals surface area contributed by atoms with Crippen LogP contribution in [0.1, 0.15) is 11.1 Å². The van der Waals surface area contributed by atoms with Crippen molar-refractivity contribution in [1.82, 2.24) is 4.98 Å². The van der Waals surface area contributed by atoms with Gasteiger partial charge in [0.25, 0.3) is 0 Å². The highest BCUT2D eigenvalue weighted by molar-refractivity contribution is 6.30. The number of benzene rings is 1. The fraction of sp³-hybridized carbons (Fsp3) is 0.0667. The molecule has 0 saturated carbocycles. The van der Waals surface area contributed by atoms with E-state index in [0.29, 0.717) is 22.8 Å². The molecule has 0 saturated heterocycles. The molecule has 1 aromatic heterocycles. The van der Waals surface area contributed by atoms with Crippen LogP contribution in [-0.2, 0) is 6.42 Å². The fourth-order valence-corrected chi connectivity index (χ4v) is 1.90. The molecule has 0 atom stereocenters. The SMILES string of the molecule is N#Cc1cc(Cl)cc(CC=NC(N)=Nc2ccccn2)c1. The molecular formula is C15H12ClN5. The molecule has 2 aromatic rings. The number of nitriles is 1. The lowest BCUT2D eigenvalue weighted by Crippen LogP contribution is -2.08. The highest BCUT2D eigenvalue weighted by Gasteiger charge is 1.98. The van der Waals surface area contributed by atoms with Gasteiger partial charge in [0.1, 0.15) is 0 Å². The molecule has 21 heavy (non-hydrogen) atoms. The molecule has 104 valence electrons. The maximum absolute atomic E-state index is 8.88. The van der Waals surface area contributed by atoms with E-state index in [1.807, 2.05) is 6.07 Å². The molecular weight excluding hydrogens is 286 g/mol. The summed E-state index contributed by atoms with van der Waals surface area (Å²) in [6, 6.07) is 12.5. The first-order valence-corrected chi connectivity index (χ1v) is 6.52. The lowest BCUT2D eigenvalue weighted by Gasteiger charge is -1.99. The minimum absolute atomic E-state index is 0.122. The van der Waals surface area contributed by atoms with Crippen LogP contribution in [-0.4, -0.2) is 17.2 Å². The molecule has 0 aliphatic rings. The largest absolute Gasteiger partial charge is 0.368 e. The lowest BCUT2D eigenvalue weighted by molar-refractivity contribution is 1.25. The molecule has 1 aromatic carbocycles.